The molecular formula is C32H66O4S. The minimum Gasteiger partial charge on any atom is -0.392 e. The van der Waals surface area contributed by atoms with Gasteiger partial charge in [-0.2, -0.15) is 0 Å². The summed E-state index contributed by atoms with van der Waals surface area (Å²) in [4.78, 5) is 0. The van der Waals surface area contributed by atoms with Gasteiger partial charge in [0.05, 0.1) is 23.7 Å². The van der Waals surface area contributed by atoms with Crippen LogP contribution >= 0.6 is 0 Å². The van der Waals surface area contributed by atoms with E-state index in [2.05, 4.69) is 13.8 Å². The zero-order valence-corrected chi connectivity index (χ0v) is 25.9. The van der Waals surface area contributed by atoms with Crippen LogP contribution in [0.3, 0.4) is 0 Å². The summed E-state index contributed by atoms with van der Waals surface area (Å²) in [5.74, 6) is -0.416. The SMILES string of the molecule is CCCCCCCCCCCCCCC(O)CS(=O)(=O)CC(O)CCCCCCCCCCCCCC. The van der Waals surface area contributed by atoms with Gasteiger partial charge in [-0.3, -0.25) is 0 Å². The van der Waals surface area contributed by atoms with E-state index in [9.17, 15) is 18.6 Å². The van der Waals surface area contributed by atoms with Crippen molar-refractivity contribution in [1.82, 2.24) is 0 Å². The number of aliphatic hydroxyl groups excluding tert-OH is 2. The third-order valence-corrected chi connectivity index (χ3v) is 9.46. The molecule has 0 fully saturated rings. The molecule has 0 saturated heterocycles. The number of hydrogen-bond acceptors (Lipinski definition) is 4. The van der Waals surface area contributed by atoms with Crippen molar-refractivity contribution in [1.29, 1.82) is 0 Å². The number of aliphatic hydroxyl groups is 2. The van der Waals surface area contributed by atoms with Gasteiger partial charge in [0.1, 0.15) is 0 Å². The fourth-order valence-corrected chi connectivity index (χ4v) is 6.90. The van der Waals surface area contributed by atoms with Crippen molar-refractivity contribution >= 4 is 9.84 Å². The van der Waals surface area contributed by atoms with Crippen LogP contribution < -0.4 is 0 Å². The Morgan fingerprint density at radius 3 is 0.865 bits per heavy atom. The highest BCUT2D eigenvalue weighted by Crippen LogP contribution is 2.15. The maximum atomic E-state index is 12.4. The second-order valence-electron chi connectivity index (χ2n) is 11.7. The largest absolute Gasteiger partial charge is 0.392 e. The molecule has 0 spiro atoms. The van der Waals surface area contributed by atoms with E-state index in [1.165, 1.54) is 128 Å². The Hall–Kier alpha value is -0.130. The molecule has 0 aromatic rings. The molecule has 37 heavy (non-hydrogen) atoms. The van der Waals surface area contributed by atoms with E-state index in [4.69, 9.17) is 0 Å². The second kappa shape index (κ2) is 27.4. The van der Waals surface area contributed by atoms with E-state index in [1.807, 2.05) is 0 Å². The molecule has 2 N–H and O–H groups in total. The molecular weight excluding hydrogens is 480 g/mol. The van der Waals surface area contributed by atoms with Crippen molar-refractivity contribution in [2.75, 3.05) is 11.5 Å². The Labute approximate surface area is 232 Å². The lowest BCUT2D eigenvalue weighted by Crippen LogP contribution is -2.28. The maximum absolute atomic E-state index is 12.4. The smallest absolute Gasteiger partial charge is 0.155 e. The second-order valence-corrected chi connectivity index (χ2v) is 13.9. The van der Waals surface area contributed by atoms with E-state index in [1.54, 1.807) is 0 Å². The van der Waals surface area contributed by atoms with Crippen molar-refractivity contribution in [3.05, 3.63) is 0 Å². The topological polar surface area (TPSA) is 74.6 Å². The van der Waals surface area contributed by atoms with E-state index in [-0.39, 0.29) is 11.5 Å². The molecule has 0 saturated carbocycles. The molecule has 0 radical (unpaired) electrons. The number of unbranched alkanes of at least 4 members (excludes halogenated alkanes) is 22. The molecule has 0 aromatic carbocycles. The van der Waals surface area contributed by atoms with Gasteiger partial charge in [0, 0.05) is 0 Å². The Kier molecular flexibility index (Phi) is 27.3. The summed E-state index contributed by atoms with van der Waals surface area (Å²) < 4.78 is 24.7. The fraction of sp³-hybridized carbons (Fsp3) is 1.00. The average molecular weight is 547 g/mol. The lowest BCUT2D eigenvalue weighted by molar-refractivity contribution is 0.175. The molecule has 224 valence electrons. The van der Waals surface area contributed by atoms with Gasteiger partial charge in [0.2, 0.25) is 0 Å². The van der Waals surface area contributed by atoms with Crippen molar-refractivity contribution in [2.24, 2.45) is 0 Å². The van der Waals surface area contributed by atoms with Crippen LogP contribution in [0.1, 0.15) is 181 Å². The normalized spacial score (nSPS) is 13.7. The predicted molar refractivity (Wildman–Crippen MR) is 162 cm³/mol. The number of hydrogen-bond donors (Lipinski definition) is 2. The predicted octanol–water partition coefficient (Wildman–Crippen LogP) is 9.31. The first-order valence-electron chi connectivity index (χ1n) is 16.5. The van der Waals surface area contributed by atoms with Crippen molar-refractivity contribution in [2.45, 2.75) is 193 Å². The zero-order chi connectivity index (χ0) is 27.5. The first-order chi connectivity index (χ1) is 17.9. The van der Waals surface area contributed by atoms with Crippen LogP contribution in [-0.4, -0.2) is 42.3 Å². The summed E-state index contributed by atoms with van der Waals surface area (Å²) in [5, 5.41) is 20.4. The molecule has 0 rings (SSSR count). The molecule has 0 aliphatic rings. The Balaban J connectivity index is 3.58. The van der Waals surface area contributed by atoms with Crippen molar-refractivity contribution in [3.63, 3.8) is 0 Å². The number of rotatable bonds is 30. The van der Waals surface area contributed by atoms with Crippen molar-refractivity contribution < 1.29 is 18.6 Å². The van der Waals surface area contributed by atoms with Gasteiger partial charge in [-0.1, -0.05) is 168 Å². The Morgan fingerprint density at radius 1 is 0.405 bits per heavy atom. The van der Waals surface area contributed by atoms with Gasteiger partial charge in [-0.05, 0) is 12.8 Å². The lowest BCUT2D eigenvalue weighted by Gasteiger charge is -2.14. The summed E-state index contributed by atoms with van der Waals surface area (Å²) in [6, 6.07) is 0. The van der Waals surface area contributed by atoms with Gasteiger partial charge in [0.25, 0.3) is 0 Å². The summed E-state index contributed by atoms with van der Waals surface area (Å²) >= 11 is 0. The standard InChI is InChI=1S/C32H66O4S/c1-3-5-7-9-11-13-15-17-19-21-23-25-27-31(33)29-37(35,36)30-32(34)28-26-24-22-20-18-16-14-12-10-8-6-4-2/h31-34H,3-30H2,1-2H3. The van der Waals surface area contributed by atoms with Crippen molar-refractivity contribution in [3.8, 4) is 0 Å². The summed E-state index contributed by atoms with van der Waals surface area (Å²) in [5.41, 5.74) is 0. The Morgan fingerprint density at radius 2 is 0.622 bits per heavy atom. The summed E-state index contributed by atoms with van der Waals surface area (Å²) in [7, 11) is -3.41. The van der Waals surface area contributed by atoms with Crippen LogP contribution in [0.25, 0.3) is 0 Å². The zero-order valence-electron chi connectivity index (χ0n) is 25.1. The lowest BCUT2D eigenvalue weighted by atomic mass is 10.0. The Bertz CT molecular complexity index is 507. The van der Waals surface area contributed by atoms with E-state index < -0.39 is 22.0 Å². The molecule has 2 atom stereocenters. The van der Waals surface area contributed by atoms with Crippen LogP contribution in [0, 0.1) is 0 Å². The van der Waals surface area contributed by atoms with Gasteiger partial charge in [-0.25, -0.2) is 8.42 Å². The molecule has 0 aliphatic carbocycles. The van der Waals surface area contributed by atoms with Gasteiger partial charge >= 0.3 is 0 Å². The number of sulfone groups is 1. The van der Waals surface area contributed by atoms with E-state index in [0.29, 0.717) is 12.8 Å². The quantitative estimate of drug-likeness (QED) is 0.0880. The summed E-state index contributed by atoms with van der Waals surface area (Å²) in [6.07, 6.45) is 29.8. The first kappa shape index (κ1) is 36.9. The van der Waals surface area contributed by atoms with Gasteiger partial charge in [0.15, 0.2) is 9.84 Å². The summed E-state index contributed by atoms with van der Waals surface area (Å²) in [6.45, 7) is 4.51. The van der Waals surface area contributed by atoms with E-state index in [0.717, 1.165) is 25.7 Å². The third-order valence-electron chi connectivity index (χ3n) is 7.67. The maximum Gasteiger partial charge on any atom is 0.155 e. The van der Waals surface area contributed by atoms with Crippen LogP contribution in [0.15, 0.2) is 0 Å². The highest BCUT2D eigenvalue weighted by atomic mass is 32.2. The minimum absolute atomic E-state index is 0.208. The highest BCUT2D eigenvalue weighted by molar-refractivity contribution is 7.91. The first-order valence-corrected chi connectivity index (χ1v) is 18.3. The molecule has 2 unspecified atom stereocenters. The third kappa shape index (κ3) is 28.7. The average Bonchev–Trinajstić information content (AvgIpc) is 2.84. The monoisotopic (exact) mass is 546 g/mol. The van der Waals surface area contributed by atoms with Gasteiger partial charge < -0.3 is 10.2 Å². The molecule has 0 bridgehead atoms. The molecule has 0 aromatic heterocycles. The highest BCUT2D eigenvalue weighted by Gasteiger charge is 2.21. The van der Waals surface area contributed by atoms with Crippen LogP contribution in [0.4, 0.5) is 0 Å². The van der Waals surface area contributed by atoms with Gasteiger partial charge in [-0.15, -0.1) is 0 Å². The molecule has 0 heterocycles. The van der Waals surface area contributed by atoms with Crippen LogP contribution in [0.2, 0.25) is 0 Å². The van der Waals surface area contributed by atoms with E-state index >= 15 is 0 Å². The van der Waals surface area contributed by atoms with Crippen LogP contribution in [0.5, 0.6) is 0 Å². The van der Waals surface area contributed by atoms with Crippen LogP contribution in [-0.2, 0) is 9.84 Å². The molecule has 4 nitrogen and oxygen atoms in total. The molecule has 5 heteroatoms. The molecule has 0 amide bonds. The molecule has 0 aliphatic heterocycles. The fourth-order valence-electron chi connectivity index (χ4n) is 5.26. The minimum atomic E-state index is -3.41.